The van der Waals surface area contributed by atoms with Crippen LogP contribution in [0.2, 0.25) is 0 Å². The zero-order chi connectivity index (χ0) is 13.0. The molecule has 16 heavy (non-hydrogen) atoms. The van der Waals surface area contributed by atoms with Crippen molar-refractivity contribution in [2.75, 3.05) is 0 Å². The van der Waals surface area contributed by atoms with Gasteiger partial charge in [0.2, 0.25) is 0 Å². The molecule has 0 unspecified atom stereocenters. The van der Waals surface area contributed by atoms with Crippen LogP contribution in [0.1, 0.15) is 44.5 Å². The van der Waals surface area contributed by atoms with Gasteiger partial charge < -0.3 is 0 Å². The molecule has 90 valence electrons. The van der Waals surface area contributed by atoms with Crippen molar-refractivity contribution in [3.8, 4) is 0 Å². The van der Waals surface area contributed by atoms with E-state index in [2.05, 4.69) is 25.4 Å². The lowest BCUT2D eigenvalue weighted by Gasteiger charge is -2.01. The van der Waals surface area contributed by atoms with E-state index in [4.69, 9.17) is 0 Å². The molecule has 1 nitrogen and oxygen atoms in total. The van der Waals surface area contributed by atoms with Gasteiger partial charge in [0.1, 0.15) is 0 Å². The first-order chi connectivity index (χ1) is 7.75. The normalized spacial score (nSPS) is 8.62. The molecule has 0 spiro atoms. The molecule has 0 aliphatic carbocycles. The summed E-state index contributed by atoms with van der Waals surface area (Å²) in [5, 5.41) is 0. The van der Waals surface area contributed by atoms with Crippen LogP contribution in [0.5, 0.6) is 0 Å². The van der Waals surface area contributed by atoms with Gasteiger partial charge in [-0.1, -0.05) is 46.4 Å². The van der Waals surface area contributed by atoms with Gasteiger partial charge in [0.15, 0.2) is 0 Å². The highest BCUT2D eigenvalue weighted by atomic mass is 14.7. The molecule has 0 saturated heterocycles. The third-order valence-electron chi connectivity index (χ3n) is 1.90. The van der Waals surface area contributed by atoms with E-state index in [0.717, 1.165) is 5.69 Å². The Morgan fingerprint density at radius 3 is 2.19 bits per heavy atom. The van der Waals surface area contributed by atoms with Crippen molar-refractivity contribution in [1.82, 2.24) is 4.98 Å². The van der Waals surface area contributed by atoms with Crippen molar-refractivity contribution in [3.63, 3.8) is 0 Å². The molecule has 1 aromatic rings. The molecule has 0 amide bonds. The molecule has 0 aliphatic heterocycles. The molecular weight excluding hydrogens is 194 g/mol. The fourth-order valence-corrected chi connectivity index (χ4v) is 0.980. The Bertz CT molecular complexity index is 311. The summed E-state index contributed by atoms with van der Waals surface area (Å²) in [6.45, 7) is 15.8. The zero-order valence-electron chi connectivity index (χ0n) is 11.5. The van der Waals surface area contributed by atoms with Crippen LogP contribution in [0.25, 0.3) is 6.08 Å². The first-order valence-electron chi connectivity index (χ1n) is 5.97. The summed E-state index contributed by atoms with van der Waals surface area (Å²) in [5.41, 5.74) is 3.53. The molecule has 0 N–H and O–H groups in total. The monoisotopic (exact) mass is 219 g/mol. The standard InChI is InChI=1S/C11H13N.2C2H6/c1-4-5-6-11-10(3)9(2)7-8-12-11;2*1-2/h4-8H,1H2,2-3H3;2*1-2H3/b6-5-;;. The summed E-state index contributed by atoms with van der Waals surface area (Å²) >= 11 is 0. The van der Waals surface area contributed by atoms with Gasteiger partial charge in [0.05, 0.1) is 5.69 Å². The van der Waals surface area contributed by atoms with Gasteiger partial charge in [0.25, 0.3) is 0 Å². The molecule has 0 saturated carbocycles. The number of rotatable bonds is 2. The lowest BCUT2D eigenvalue weighted by Crippen LogP contribution is -1.88. The molecule has 0 radical (unpaired) electrons. The maximum atomic E-state index is 4.24. The third-order valence-corrected chi connectivity index (χ3v) is 1.90. The van der Waals surface area contributed by atoms with Gasteiger partial charge in [-0.05, 0) is 37.1 Å². The summed E-state index contributed by atoms with van der Waals surface area (Å²) in [5.74, 6) is 0. The highest BCUT2D eigenvalue weighted by Gasteiger charge is 1.96. The Morgan fingerprint density at radius 2 is 1.69 bits per heavy atom. The molecule has 0 bridgehead atoms. The molecule has 0 atom stereocenters. The maximum Gasteiger partial charge on any atom is 0.0661 e. The number of pyridine rings is 1. The second kappa shape index (κ2) is 11.7. The molecule has 0 aromatic carbocycles. The van der Waals surface area contributed by atoms with E-state index < -0.39 is 0 Å². The Morgan fingerprint density at radius 1 is 1.12 bits per heavy atom. The molecule has 0 fully saturated rings. The average molecular weight is 219 g/mol. The Hall–Kier alpha value is -1.37. The number of nitrogens with zero attached hydrogens (tertiary/aromatic N) is 1. The Balaban J connectivity index is 0. The van der Waals surface area contributed by atoms with Crippen molar-refractivity contribution in [2.24, 2.45) is 0 Å². The largest absolute Gasteiger partial charge is 0.257 e. The molecule has 1 rings (SSSR count). The van der Waals surface area contributed by atoms with Crippen LogP contribution in [-0.2, 0) is 0 Å². The van der Waals surface area contributed by atoms with Gasteiger partial charge in [-0.3, -0.25) is 4.98 Å². The van der Waals surface area contributed by atoms with Crippen LogP contribution in [-0.4, -0.2) is 4.98 Å². The second-order valence-corrected chi connectivity index (χ2v) is 2.73. The fraction of sp³-hybridized carbons (Fsp3) is 0.400. The minimum atomic E-state index is 1.02. The van der Waals surface area contributed by atoms with E-state index in [-0.39, 0.29) is 0 Å². The van der Waals surface area contributed by atoms with Gasteiger partial charge in [0, 0.05) is 6.20 Å². The summed E-state index contributed by atoms with van der Waals surface area (Å²) in [6.07, 6.45) is 7.44. The smallest absolute Gasteiger partial charge is 0.0661 e. The zero-order valence-corrected chi connectivity index (χ0v) is 11.5. The average Bonchev–Trinajstić information content (AvgIpc) is 2.36. The minimum absolute atomic E-state index is 1.02. The van der Waals surface area contributed by atoms with Crippen LogP contribution in [0, 0.1) is 13.8 Å². The molecule has 1 heteroatoms. The number of allylic oxidation sites excluding steroid dienone is 2. The molecule has 1 heterocycles. The first kappa shape index (κ1) is 17.0. The van der Waals surface area contributed by atoms with Crippen LogP contribution in [0.3, 0.4) is 0 Å². The van der Waals surface area contributed by atoms with Crippen molar-refractivity contribution < 1.29 is 0 Å². The van der Waals surface area contributed by atoms with Crippen molar-refractivity contribution >= 4 is 6.08 Å². The van der Waals surface area contributed by atoms with E-state index in [1.807, 2.05) is 52.1 Å². The number of hydrogen-bond acceptors (Lipinski definition) is 1. The van der Waals surface area contributed by atoms with Gasteiger partial charge >= 0.3 is 0 Å². The van der Waals surface area contributed by atoms with Crippen LogP contribution < -0.4 is 0 Å². The van der Waals surface area contributed by atoms with Crippen LogP contribution in [0.15, 0.2) is 31.0 Å². The van der Waals surface area contributed by atoms with Crippen LogP contribution >= 0.6 is 0 Å². The molecule has 0 aliphatic rings. The summed E-state index contributed by atoms with van der Waals surface area (Å²) in [6, 6.07) is 2.01. The van der Waals surface area contributed by atoms with Gasteiger partial charge in [-0.15, -0.1) is 0 Å². The predicted octanol–water partition coefficient (Wildman–Crippen LogP) is 4.95. The Kier molecular flexibility index (Phi) is 12.5. The number of aryl methyl sites for hydroxylation is 1. The minimum Gasteiger partial charge on any atom is -0.257 e. The van der Waals surface area contributed by atoms with Crippen molar-refractivity contribution in [2.45, 2.75) is 41.5 Å². The summed E-state index contributed by atoms with van der Waals surface area (Å²) < 4.78 is 0. The van der Waals surface area contributed by atoms with Crippen molar-refractivity contribution in [3.05, 3.63) is 47.8 Å². The molecule has 1 aromatic heterocycles. The maximum absolute atomic E-state index is 4.24. The van der Waals surface area contributed by atoms with Crippen LogP contribution in [0.4, 0.5) is 0 Å². The van der Waals surface area contributed by atoms with E-state index in [1.54, 1.807) is 6.08 Å². The molecular formula is C15H25N. The van der Waals surface area contributed by atoms with E-state index >= 15 is 0 Å². The van der Waals surface area contributed by atoms with Gasteiger partial charge in [-0.2, -0.15) is 0 Å². The topological polar surface area (TPSA) is 12.9 Å². The number of aromatic nitrogens is 1. The quantitative estimate of drug-likeness (QED) is 0.641. The summed E-state index contributed by atoms with van der Waals surface area (Å²) in [4.78, 5) is 4.24. The van der Waals surface area contributed by atoms with E-state index in [9.17, 15) is 0 Å². The summed E-state index contributed by atoms with van der Waals surface area (Å²) in [7, 11) is 0. The van der Waals surface area contributed by atoms with Crippen molar-refractivity contribution in [1.29, 1.82) is 0 Å². The predicted molar refractivity (Wildman–Crippen MR) is 75.6 cm³/mol. The van der Waals surface area contributed by atoms with E-state index in [0.29, 0.717) is 0 Å². The Labute approximate surface area is 101 Å². The second-order valence-electron chi connectivity index (χ2n) is 2.73. The lowest BCUT2D eigenvalue weighted by atomic mass is 10.1. The number of hydrogen-bond donors (Lipinski definition) is 0. The SMILES string of the molecule is C=C/C=C\c1nccc(C)c1C.CC.CC. The lowest BCUT2D eigenvalue weighted by molar-refractivity contribution is 1.19. The first-order valence-corrected chi connectivity index (χ1v) is 5.97. The van der Waals surface area contributed by atoms with Gasteiger partial charge in [-0.25, -0.2) is 0 Å². The third kappa shape index (κ3) is 6.18. The highest BCUT2D eigenvalue weighted by molar-refractivity contribution is 5.52. The van der Waals surface area contributed by atoms with E-state index in [1.165, 1.54) is 11.1 Å². The highest BCUT2D eigenvalue weighted by Crippen LogP contribution is 2.10. The fourth-order valence-electron chi connectivity index (χ4n) is 0.980.